The lowest BCUT2D eigenvalue weighted by Crippen LogP contribution is -2.37. The third-order valence-electron chi connectivity index (χ3n) is 4.24. The van der Waals surface area contributed by atoms with Crippen LogP contribution in [-0.2, 0) is 4.74 Å². The summed E-state index contributed by atoms with van der Waals surface area (Å²) in [6, 6.07) is 0. The Morgan fingerprint density at radius 2 is 2.07 bits per heavy atom. The highest BCUT2D eigenvalue weighted by atomic mass is 16.5. The fraction of sp³-hybridized carbons (Fsp3) is 1.00. The van der Waals surface area contributed by atoms with Crippen molar-refractivity contribution in [1.29, 1.82) is 0 Å². The van der Waals surface area contributed by atoms with Crippen LogP contribution in [0.25, 0.3) is 0 Å². The monoisotopic (exact) mass is 198 g/mol. The maximum Gasteiger partial charge on any atom is 0.0892 e. The molecule has 1 aliphatic heterocycles. The summed E-state index contributed by atoms with van der Waals surface area (Å²) in [6.45, 7) is 6.72. The van der Waals surface area contributed by atoms with E-state index in [1.165, 1.54) is 6.42 Å². The molecule has 2 fully saturated rings. The van der Waals surface area contributed by atoms with Crippen molar-refractivity contribution in [3.63, 3.8) is 0 Å². The zero-order chi connectivity index (χ0) is 10.4. The van der Waals surface area contributed by atoms with Gasteiger partial charge in [0.1, 0.15) is 0 Å². The highest BCUT2D eigenvalue weighted by Gasteiger charge is 2.56. The first kappa shape index (κ1) is 10.4. The van der Waals surface area contributed by atoms with E-state index in [9.17, 15) is 5.11 Å². The van der Waals surface area contributed by atoms with Gasteiger partial charge in [-0.1, -0.05) is 13.8 Å². The van der Waals surface area contributed by atoms with E-state index in [0.717, 1.165) is 31.1 Å². The highest BCUT2D eigenvalue weighted by molar-refractivity contribution is 5.05. The van der Waals surface area contributed by atoms with Crippen LogP contribution in [-0.4, -0.2) is 22.9 Å². The van der Waals surface area contributed by atoms with Crippen LogP contribution in [0.4, 0.5) is 0 Å². The van der Waals surface area contributed by atoms with Gasteiger partial charge in [-0.05, 0) is 44.4 Å². The maximum absolute atomic E-state index is 9.30. The van der Waals surface area contributed by atoms with Gasteiger partial charge in [0.25, 0.3) is 0 Å². The molecule has 2 aliphatic rings. The molecule has 0 bridgehead atoms. The Morgan fingerprint density at radius 3 is 2.43 bits per heavy atom. The lowest BCUT2D eigenvalue weighted by molar-refractivity contribution is -0.128. The molecule has 0 radical (unpaired) electrons. The van der Waals surface area contributed by atoms with E-state index < -0.39 is 0 Å². The standard InChI is InChI=1S/C12H22O2/c1-4-12(10-7-9(10)2)6-5-11(3,8-13)14-12/h9-10,13H,4-8H2,1-3H3. The maximum atomic E-state index is 9.30. The quantitative estimate of drug-likeness (QED) is 0.754. The lowest BCUT2D eigenvalue weighted by atomic mass is 9.89. The Balaban J connectivity index is 2.09. The first-order valence-corrected chi connectivity index (χ1v) is 5.86. The van der Waals surface area contributed by atoms with E-state index in [4.69, 9.17) is 4.74 Å². The Kier molecular flexibility index (Phi) is 2.39. The molecule has 0 aromatic heterocycles. The summed E-state index contributed by atoms with van der Waals surface area (Å²) in [5.41, 5.74) is -0.171. The minimum atomic E-state index is -0.266. The number of ether oxygens (including phenoxy) is 1. The van der Waals surface area contributed by atoms with Crippen molar-refractivity contribution in [2.75, 3.05) is 6.61 Å². The molecule has 2 rings (SSSR count). The zero-order valence-corrected chi connectivity index (χ0v) is 9.55. The molecule has 2 heteroatoms. The largest absolute Gasteiger partial charge is 0.393 e. The van der Waals surface area contributed by atoms with Gasteiger partial charge < -0.3 is 9.84 Å². The first-order chi connectivity index (χ1) is 6.55. The van der Waals surface area contributed by atoms with Crippen molar-refractivity contribution in [3.05, 3.63) is 0 Å². The van der Waals surface area contributed by atoms with Gasteiger partial charge in [0.05, 0.1) is 17.8 Å². The average Bonchev–Trinajstić information content (AvgIpc) is 2.80. The van der Waals surface area contributed by atoms with Crippen molar-refractivity contribution in [2.24, 2.45) is 11.8 Å². The van der Waals surface area contributed by atoms with Gasteiger partial charge in [-0.3, -0.25) is 0 Å². The molecule has 0 aromatic rings. The molecule has 1 aliphatic carbocycles. The van der Waals surface area contributed by atoms with E-state index in [1.54, 1.807) is 0 Å². The first-order valence-electron chi connectivity index (χ1n) is 5.86. The summed E-state index contributed by atoms with van der Waals surface area (Å²) in [5.74, 6) is 1.58. The Hall–Kier alpha value is -0.0800. The topological polar surface area (TPSA) is 29.5 Å². The van der Waals surface area contributed by atoms with Crippen molar-refractivity contribution in [1.82, 2.24) is 0 Å². The Labute approximate surface area is 86.6 Å². The molecule has 1 saturated heterocycles. The fourth-order valence-corrected chi connectivity index (χ4v) is 3.01. The third kappa shape index (κ3) is 1.49. The summed E-state index contributed by atoms with van der Waals surface area (Å²) in [6.07, 6.45) is 4.56. The molecular weight excluding hydrogens is 176 g/mol. The lowest BCUT2D eigenvalue weighted by Gasteiger charge is -2.32. The molecule has 0 spiro atoms. The van der Waals surface area contributed by atoms with Crippen molar-refractivity contribution >= 4 is 0 Å². The minimum Gasteiger partial charge on any atom is -0.393 e. The van der Waals surface area contributed by atoms with Gasteiger partial charge in [0.15, 0.2) is 0 Å². The van der Waals surface area contributed by atoms with Crippen LogP contribution in [0.1, 0.15) is 46.5 Å². The van der Waals surface area contributed by atoms with E-state index in [-0.39, 0.29) is 17.8 Å². The van der Waals surface area contributed by atoms with Gasteiger partial charge in [0, 0.05) is 0 Å². The number of rotatable bonds is 3. The summed E-state index contributed by atoms with van der Waals surface area (Å²) in [5, 5.41) is 9.30. The zero-order valence-electron chi connectivity index (χ0n) is 9.55. The number of aliphatic hydroxyl groups is 1. The predicted octanol–water partition coefficient (Wildman–Crippen LogP) is 2.35. The van der Waals surface area contributed by atoms with E-state index in [2.05, 4.69) is 13.8 Å². The van der Waals surface area contributed by atoms with Gasteiger partial charge >= 0.3 is 0 Å². The van der Waals surface area contributed by atoms with Crippen LogP contribution >= 0.6 is 0 Å². The van der Waals surface area contributed by atoms with Crippen LogP contribution in [0.3, 0.4) is 0 Å². The molecule has 4 unspecified atom stereocenters. The van der Waals surface area contributed by atoms with Crippen LogP contribution < -0.4 is 0 Å². The highest BCUT2D eigenvalue weighted by Crippen LogP contribution is 2.56. The summed E-state index contributed by atoms with van der Waals surface area (Å²) in [7, 11) is 0. The second-order valence-corrected chi connectivity index (χ2v) is 5.45. The van der Waals surface area contributed by atoms with Crippen molar-refractivity contribution in [2.45, 2.75) is 57.7 Å². The SMILES string of the molecule is CCC1(C2CC2C)CCC(C)(CO)O1. The second-order valence-electron chi connectivity index (χ2n) is 5.45. The number of hydrogen-bond acceptors (Lipinski definition) is 2. The molecule has 1 N–H and O–H groups in total. The molecule has 0 amide bonds. The molecule has 14 heavy (non-hydrogen) atoms. The molecule has 1 heterocycles. The molecule has 1 saturated carbocycles. The van der Waals surface area contributed by atoms with Crippen LogP contribution in [0, 0.1) is 11.8 Å². The average molecular weight is 198 g/mol. The molecule has 2 nitrogen and oxygen atoms in total. The number of hydrogen-bond donors (Lipinski definition) is 1. The Morgan fingerprint density at radius 1 is 1.43 bits per heavy atom. The predicted molar refractivity (Wildman–Crippen MR) is 56.1 cm³/mol. The minimum absolute atomic E-state index is 0.0941. The van der Waals surface area contributed by atoms with E-state index >= 15 is 0 Å². The molecule has 82 valence electrons. The van der Waals surface area contributed by atoms with E-state index in [0.29, 0.717) is 0 Å². The molecular formula is C12H22O2. The smallest absolute Gasteiger partial charge is 0.0892 e. The van der Waals surface area contributed by atoms with Gasteiger partial charge in [-0.15, -0.1) is 0 Å². The molecule has 4 atom stereocenters. The third-order valence-corrected chi connectivity index (χ3v) is 4.24. The second kappa shape index (κ2) is 3.21. The van der Waals surface area contributed by atoms with Crippen LogP contribution in [0.5, 0.6) is 0 Å². The van der Waals surface area contributed by atoms with Crippen LogP contribution in [0.2, 0.25) is 0 Å². The van der Waals surface area contributed by atoms with Crippen molar-refractivity contribution in [3.8, 4) is 0 Å². The normalized spacial score (nSPS) is 52.3. The fourth-order valence-electron chi connectivity index (χ4n) is 3.01. The van der Waals surface area contributed by atoms with Gasteiger partial charge in [-0.25, -0.2) is 0 Å². The van der Waals surface area contributed by atoms with Gasteiger partial charge in [-0.2, -0.15) is 0 Å². The summed E-state index contributed by atoms with van der Waals surface area (Å²) < 4.78 is 6.18. The molecule has 0 aromatic carbocycles. The van der Waals surface area contributed by atoms with E-state index in [1.807, 2.05) is 6.92 Å². The number of aliphatic hydroxyl groups excluding tert-OH is 1. The summed E-state index contributed by atoms with van der Waals surface area (Å²) >= 11 is 0. The van der Waals surface area contributed by atoms with Crippen LogP contribution in [0.15, 0.2) is 0 Å². The summed E-state index contributed by atoms with van der Waals surface area (Å²) in [4.78, 5) is 0. The van der Waals surface area contributed by atoms with Crippen molar-refractivity contribution < 1.29 is 9.84 Å². The van der Waals surface area contributed by atoms with Gasteiger partial charge in [0.2, 0.25) is 0 Å². The Bertz CT molecular complexity index is 228.